The molecular formula is C14H17NO4. The zero-order valence-electron chi connectivity index (χ0n) is 10.8. The molecule has 0 spiro atoms. The van der Waals surface area contributed by atoms with E-state index < -0.39 is 5.97 Å². The Morgan fingerprint density at radius 3 is 2.74 bits per heavy atom. The van der Waals surface area contributed by atoms with Crippen LogP contribution >= 0.6 is 0 Å². The highest BCUT2D eigenvalue weighted by molar-refractivity contribution is 5.94. The fraction of sp³-hybridized carbons (Fsp3) is 0.429. The van der Waals surface area contributed by atoms with Gasteiger partial charge in [0, 0.05) is 6.04 Å². The third-order valence-corrected chi connectivity index (χ3v) is 2.68. The molecule has 1 aliphatic carbocycles. The number of hydrogen-bond acceptors (Lipinski definition) is 4. The summed E-state index contributed by atoms with van der Waals surface area (Å²) in [5.74, 6) is -0.336. The molecule has 1 fully saturated rings. The van der Waals surface area contributed by atoms with Crippen LogP contribution in [0.25, 0.3) is 0 Å². The molecular weight excluding hydrogens is 246 g/mol. The van der Waals surface area contributed by atoms with Gasteiger partial charge in [0.05, 0.1) is 6.61 Å². The summed E-state index contributed by atoms with van der Waals surface area (Å²) >= 11 is 0. The largest absolute Gasteiger partial charge is 0.493 e. The molecule has 1 N–H and O–H groups in total. The Balaban J connectivity index is 1.89. The molecule has 0 unspecified atom stereocenters. The van der Waals surface area contributed by atoms with Crippen LogP contribution < -0.4 is 10.1 Å². The zero-order valence-corrected chi connectivity index (χ0v) is 10.8. The Bertz CT molecular complexity index is 468. The summed E-state index contributed by atoms with van der Waals surface area (Å²) < 4.78 is 10.3. The van der Waals surface area contributed by atoms with E-state index >= 15 is 0 Å². The lowest BCUT2D eigenvalue weighted by Crippen LogP contribution is -2.30. The molecule has 1 saturated carbocycles. The van der Waals surface area contributed by atoms with Gasteiger partial charge in [-0.25, -0.2) is 4.79 Å². The maximum absolute atomic E-state index is 11.9. The number of amides is 1. The number of benzene rings is 1. The van der Waals surface area contributed by atoms with Crippen LogP contribution in [-0.4, -0.2) is 31.1 Å². The SMILES string of the molecule is CCOc1ccccc1C(=O)OCC(=O)NC1CC1. The molecule has 102 valence electrons. The van der Waals surface area contributed by atoms with E-state index in [1.165, 1.54) is 0 Å². The number of esters is 1. The van der Waals surface area contributed by atoms with Crippen LogP contribution in [0.15, 0.2) is 24.3 Å². The Morgan fingerprint density at radius 1 is 1.32 bits per heavy atom. The van der Waals surface area contributed by atoms with Crippen molar-refractivity contribution in [2.24, 2.45) is 0 Å². The van der Waals surface area contributed by atoms with E-state index in [1.807, 2.05) is 6.92 Å². The van der Waals surface area contributed by atoms with Gasteiger partial charge >= 0.3 is 5.97 Å². The summed E-state index contributed by atoms with van der Waals surface area (Å²) in [5, 5.41) is 2.75. The topological polar surface area (TPSA) is 64.6 Å². The molecule has 5 heteroatoms. The van der Waals surface area contributed by atoms with E-state index in [2.05, 4.69) is 5.32 Å². The first kappa shape index (κ1) is 13.4. The summed E-state index contributed by atoms with van der Waals surface area (Å²) in [6, 6.07) is 7.09. The highest BCUT2D eigenvalue weighted by Gasteiger charge is 2.24. The fourth-order valence-corrected chi connectivity index (χ4v) is 1.62. The molecule has 0 radical (unpaired) electrons. The van der Waals surface area contributed by atoms with Crippen molar-refractivity contribution in [3.05, 3.63) is 29.8 Å². The third-order valence-electron chi connectivity index (χ3n) is 2.68. The van der Waals surface area contributed by atoms with Crippen molar-refractivity contribution in [2.45, 2.75) is 25.8 Å². The van der Waals surface area contributed by atoms with Crippen LogP contribution in [0.4, 0.5) is 0 Å². The van der Waals surface area contributed by atoms with Crippen molar-refractivity contribution in [2.75, 3.05) is 13.2 Å². The summed E-state index contributed by atoms with van der Waals surface area (Å²) in [4.78, 5) is 23.3. The van der Waals surface area contributed by atoms with Crippen molar-refractivity contribution in [3.8, 4) is 5.75 Å². The summed E-state index contributed by atoms with van der Waals surface area (Å²) in [6.07, 6.45) is 2.01. The highest BCUT2D eigenvalue weighted by atomic mass is 16.5. The molecule has 0 aliphatic heterocycles. The predicted molar refractivity (Wildman–Crippen MR) is 69.1 cm³/mol. The molecule has 1 aliphatic rings. The molecule has 0 bridgehead atoms. The highest BCUT2D eigenvalue weighted by Crippen LogP contribution is 2.19. The Labute approximate surface area is 111 Å². The number of para-hydroxylation sites is 1. The molecule has 19 heavy (non-hydrogen) atoms. The maximum atomic E-state index is 11.9. The molecule has 1 aromatic carbocycles. The maximum Gasteiger partial charge on any atom is 0.342 e. The van der Waals surface area contributed by atoms with Crippen molar-refractivity contribution >= 4 is 11.9 Å². The number of nitrogens with one attached hydrogen (secondary N) is 1. The van der Waals surface area contributed by atoms with Gasteiger partial charge in [0.25, 0.3) is 5.91 Å². The molecule has 0 heterocycles. The first-order chi connectivity index (χ1) is 9.20. The molecule has 5 nitrogen and oxygen atoms in total. The van der Waals surface area contributed by atoms with Crippen LogP contribution in [0, 0.1) is 0 Å². The summed E-state index contributed by atoms with van der Waals surface area (Å²) in [7, 11) is 0. The second-order valence-electron chi connectivity index (χ2n) is 4.35. The predicted octanol–water partition coefficient (Wildman–Crippen LogP) is 1.52. The van der Waals surface area contributed by atoms with E-state index in [-0.39, 0.29) is 18.6 Å². The van der Waals surface area contributed by atoms with E-state index in [0.717, 1.165) is 12.8 Å². The van der Waals surface area contributed by atoms with E-state index in [1.54, 1.807) is 24.3 Å². The van der Waals surface area contributed by atoms with Crippen molar-refractivity contribution in [3.63, 3.8) is 0 Å². The number of hydrogen-bond donors (Lipinski definition) is 1. The summed E-state index contributed by atoms with van der Waals surface area (Å²) in [5.41, 5.74) is 0.337. The average molecular weight is 263 g/mol. The molecule has 2 rings (SSSR count). The Kier molecular flexibility index (Phi) is 4.39. The average Bonchev–Trinajstić information content (AvgIpc) is 3.21. The van der Waals surface area contributed by atoms with Crippen molar-refractivity contribution in [1.82, 2.24) is 5.32 Å². The minimum absolute atomic E-state index is 0.254. The standard InChI is InChI=1S/C14H17NO4/c1-2-18-12-6-4-3-5-11(12)14(17)19-9-13(16)15-10-7-8-10/h3-6,10H,2,7-9H2,1H3,(H,15,16). The number of carbonyl (C=O) groups is 2. The van der Waals surface area contributed by atoms with Crippen molar-refractivity contribution < 1.29 is 19.1 Å². The van der Waals surface area contributed by atoms with Crippen LogP contribution in [-0.2, 0) is 9.53 Å². The first-order valence-corrected chi connectivity index (χ1v) is 6.39. The number of ether oxygens (including phenoxy) is 2. The Hall–Kier alpha value is -2.04. The van der Waals surface area contributed by atoms with Gasteiger partial charge in [-0.05, 0) is 31.9 Å². The van der Waals surface area contributed by atoms with Gasteiger partial charge in [-0.1, -0.05) is 12.1 Å². The minimum atomic E-state index is -0.546. The van der Waals surface area contributed by atoms with Gasteiger partial charge in [0.1, 0.15) is 11.3 Å². The quantitative estimate of drug-likeness (QED) is 0.790. The van der Waals surface area contributed by atoms with E-state index in [9.17, 15) is 9.59 Å². The lowest BCUT2D eigenvalue weighted by atomic mass is 10.2. The van der Waals surface area contributed by atoms with E-state index in [0.29, 0.717) is 17.9 Å². The van der Waals surface area contributed by atoms with Crippen LogP contribution in [0.2, 0.25) is 0 Å². The van der Waals surface area contributed by atoms with Gasteiger partial charge in [0.2, 0.25) is 0 Å². The molecule has 1 aromatic rings. The smallest absolute Gasteiger partial charge is 0.342 e. The van der Waals surface area contributed by atoms with Gasteiger partial charge in [-0.2, -0.15) is 0 Å². The van der Waals surface area contributed by atoms with Gasteiger partial charge in [-0.15, -0.1) is 0 Å². The van der Waals surface area contributed by atoms with Crippen LogP contribution in [0.3, 0.4) is 0 Å². The van der Waals surface area contributed by atoms with Gasteiger partial charge < -0.3 is 14.8 Å². The number of rotatable bonds is 6. The number of carbonyl (C=O) groups excluding carboxylic acids is 2. The fourth-order valence-electron chi connectivity index (χ4n) is 1.62. The normalized spacial score (nSPS) is 13.7. The lowest BCUT2D eigenvalue weighted by molar-refractivity contribution is -0.124. The monoisotopic (exact) mass is 263 g/mol. The second kappa shape index (κ2) is 6.22. The Morgan fingerprint density at radius 2 is 2.05 bits per heavy atom. The van der Waals surface area contributed by atoms with E-state index in [4.69, 9.17) is 9.47 Å². The molecule has 0 saturated heterocycles. The zero-order chi connectivity index (χ0) is 13.7. The molecule has 0 atom stereocenters. The molecule has 1 amide bonds. The first-order valence-electron chi connectivity index (χ1n) is 6.39. The summed E-state index contributed by atoms with van der Waals surface area (Å²) in [6.45, 7) is 2.05. The lowest BCUT2D eigenvalue weighted by Gasteiger charge is -2.09. The second-order valence-corrected chi connectivity index (χ2v) is 4.35. The van der Waals surface area contributed by atoms with Crippen molar-refractivity contribution in [1.29, 1.82) is 0 Å². The van der Waals surface area contributed by atoms with Gasteiger partial charge in [-0.3, -0.25) is 4.79 Å². The third kappa shape index (κ3) is 3.98. The molecule has 0 aromatic heterocycles. The van der Waals surface area contributed by atoms with Crippen LogP contribution in [0.5, 0.6) is 5.75 Å². The van der Waals surface area contributed by atoms with Crippen LogP contribution in [0.1, 0.15) is 30.1 Å². The van der Waals surface area contributed by atoms with Gasteiger partial charge in [0.15, 0.2) is 6.61 Å². The minimum Gasteiger partial charge on any atom is -0.493 e.